The van der Waals surface area contributed by atoms with Gasteiger partial charge in [0.25, 0.3) is 0 Å². The van der Waals surface area contributed by atoms with Gasteiger partial charge in [-0.1, -0.05) is 59.1 Å². The van der Waals surface area contributed by atoms with E-state index in [4.69, 9.17) is 23.2 Å². The van der Waals surface area contributed by atoms with Gasteiger partial charge in [0.15, 0.2) is 0 Å². The first-order valence-corrected chi connectivity index (χ1v) is 10.9. The van der Waals surface area contributed by atoms with Gasteiger partial charge in [0, 0.05) is 10.6 Å². The summed E-state index contributed by atoms with van der Waals surface area (Å²) >= 11 is 12.7. The summed E-state index contributed by atoms with van der Waals surface area (Å²) in [4.78, 5) is -0.350. The molecule has 0 aliphatic rings. The number of sulfone groups is 1. The van der Waals surface area contributed by atoms with Crippen molar-refractivity contribution in [2.75, 3.05) is 0 Å². The van der Waals surface area contributed by atoms with E-state index in [1.165, 1.54) is 22.9 Å². The second-order valence-corrected chi connectivity index (χ2v) is 9.16. The third-order valence-corrected chi connectivity index (χ3v) is 6.84. The standard InChI is InChI=1S/C21H17Cl2N3O2S/c1-14-7-9-17(10-8-14)29(27,28)18(12-24)11-19-15(2)25-26(21(19)23)13-16-5-3-4-6-20(16)22/h3-11H,13H2,1-2H3/b18-11+. The quantitative estimate of drug-likeness (QED) is 0.506. The van der Waals surface area contributed by atoms with Crippen LogP contribution in [0.25, 0.3) is 6.08 Å². The number of aromatic nitrogens is 2. The molecule has 29 heavy (non-hydrogen) atoms. The Labute approximate surface area is 179 Å². The Hall–Kier alpha value is -2.59. The van der Waals surface area contributed by atoms with E-state index < -0.39 is 14.7 Å². The highest BCUT2D eigenvalue weighted by Crippen LogP contribution is 2.28. The minimum atomic E-state index is -3.97. The smallest absolute Gasteiger partial charge is 0.216 e. The lowest BCUT2D eigenvalue weighted by molar-refractivity contribution is 0.603. The van der Waals surface area contributed by atoms with E-state index in [0.29, 0.717) is 22.8 Å². The highest BCUT2D eigenvalue weighted by atomic mass is 35.5. The molecule has 0 fully saturated rings. The number of allylic oxidation sites excluding steroid dienone is 1. The number of aryl methyl sites for hydroxylation is 2. The van der Waals surface area contributed by atoms with Crippen LogP contribution >= 0.6 is 23.2 Å². The number of rotatable bonds is 5. The molecule has 0 unspecified atom stereocenters. The number of hydrogen-bond acceptors (Lipinski definition) is 4. The lowest BCUT2D eigenvalue weighted by atomic mass is 10.2. The summed E-state index contributed by atoms with van der Waals surface area (Å²) in [7, 11) is -3.97. The molecule has 2 aromatic carbocycles. The lowest BCUT2D eigenvalue weighted by Gasteiger charge is -2.06. The Morgan fingerprint density at radius 1 is 1.14 bits per heavy atom. The number of hydrogen-bond donors (Lipinski definition) is 0. The molecule has 0 radical (unpaired) electrons. The van der Waals surface area contributed by atoms with Gasteiger partial charge >= 0.3 is 0 Å². The number of benzene rings is 2. The van der Waals surface area contributed by atoms with E-state index in [1.807, 2.05) is 25.1 Å². The van der Waals surface area contributed by atoms with Gasteiger partial charge in [-0.3, -0.25) is 0 Å². The highest BCUT2D eigenvalue weighted by Gasteiger charge is 2.23. The number of nitriles is 1. The van der Waals surface area contributed by atoms with Gasteiger partial charge in [-0.25, -0.2) is 13.1 Å². The molecule has 1 heterocycles. The highest BCUT2D eigenvalue weighted by molar-refractivity contribution is 7.95. The summed E-state index contributed by atoms with van der Waals surface area (Å²) in [5.74, 6) is 0. The van der Waals surface area contributed by atoms with Gasteiger partial charge in [-0.2, -0.15) is 10.4 Å². The summed E-state index contributed by atoms with van der Waals surface area (Å²) in [5, 5.41) is 14.7. The van der Waals surface area contributed by atoms with Gasteiger partial charge < -0.3 is 0 Å². The van der Waals surface area contributed by atoms with Crippen LogP contribution in [0.15, 0.2) is 58.3 Å². The minimum Gasteiger partial charge on any atom is -0.249 e. The third-order valence-electron chi connectivity index (χ3n) is 4.39. The molecular formula is C21H17Cl2N3O2S. The maximum atomic E-state index is 12.9. The molecule has 0 amide bonds. The van der Waals surface area contributed by atoms with E-state index in [2.05, 4.69) is 5.10 Å². The Kier molecular flexibility index (Phi) is 6.13. The zero-order chi connectivity index (χ0) is 21.2. The van der Waals surface area contributed by atoms with Crippen molar-refractivity contribution < 1.29 is 8.42 Å². The first-order chi connectivity index (χ1) is 13.7. The van der Waals surface area contributed by atoms with Gasteiger partial charge in [0.05, 0.1) is 17.1 Å². The van der Waals surface area contributed by atoms with Crippen LogP contribution in [0, 0.1) is 25.2 Å². The van der Waals surface area contributed by atoms with Gasteiger partial charge in [0.1, 0.15) is 16.1 Å². The first-order valence-electron chi connectivity index (χ1n) is 8.64. The fourth-order valence-corrected chi connectivity index (χ4v) is 4.40. The van der Waals surface area contributed by atoms with Crippen LogP contribution in [0.5, 0.6) is 0 Å². The molecule has 0 aliphatic carbocycles. The third kappa shape index (κ3) is 4.38. The average molecular weight is 446 g/mol. The Balaban J connectivity index is 2.03. The molecule has 148 valence electrons. The molecule has 3 aromatic rings. The molecule has 0 aliphatic heterocycles. The minimum absolute atomic E-state index is 0.0492. The van der Waals surface area contributed by atoms with E-state index in [9.17, 15) is 13.7 Å². The molecule has 1 aromatic heterocycles. The van der Waals surface area contributed by atoms with Crippen molar-refractivity contribution in [3.63, 3.8) is 0 Å². The number of nitrogens with zero attached hydrogens (tertiary/aromatic N) is 3. The Bertz CT molecular complexity index is 1240. The molecule has 0 bridgehead atoms. The fraction of sp³-hybridized carbons (Fsp3) is 0.143. The Morgan fingerprint density at radius 3 is 2.41 bits per heavy atom. The van der Waals surface area contributed by atoms with E-state index in [-0.39, 0.29) is 10.0 Å². The second-order valence-electron chi connectivity index (χ2n) is 6.48. The predicted molar refractivity (Wildman–Crippen MR) is 114 cm³/mol. The maximum absolute atomic E-state index is 12.9. The largest absolute Gasteiger partial charge is 0.249 e. The molecule has 0 saturated carbocycles. The molecule has 0 saturated heterocycles. The van der Waals surface area contributed by atoms with Gasteiger partial charge in [0.2, 0.25) is 9.84 Å². The maximum Gasteiger partial charge on any atom is 0.216 e. The molecule has 0 N–H and O–H groups in total. The molecule has 8 heteroatoms. The zero-order valence-electron chi connectivity index (χ0n) is 15.7. The second kappa shape index (κ2) is 8.42. The predicted octanol–water partition coefficient (Wildman–Crippen LogP) is 5.19. The van der Waals surface area contributed by atoms with Crippen molar-refractivity contribution in [3.05, 3.63) is 86.0 Å². The van der Waals surface area contributed by atoms with Crippen LogP contribution in [0.4, 0.5) is 0 Å². The lowest BCUT2D eigenvalue weighted by Crippen LogP contribution is -2.04. The normalized spacial score (nSPS) is 12.0. The number of halogens is 2. The summed E-state index contributed by atoms with van der Waals surface area (Å²) in [5.41, 5.74) is 2.63. The first kappa shape index (κ1) is 21.1. The van der Waals surface area contributed by atoms with Crippen LogP contribution in [0.1, 0.15) is 22.4 Å². The average Bonchev–Trinajstić information content (AvgIpc) is 2.95. The molecule has 0 spiro atoms. The molecule has 0 atom stereocenters. The van der Waals surface area contributed by atoms with E-state index >= 15 is 0 Å². The van der Waals surface area contributed by atoms with Crippen molar-refractivity contribution in [2.45, 2.75) is 25.3 Å². The van der Waals surface area contributed by atoms with Gasteiger partial charge in [-0.05, 0) is 43.7 Å². The zero-order valence-corrected chi connectivity index (χ0v) is 18.1. The SMILES string of the molecule is Cc1ccc(S(=O)(=O)/C(C#N)=C/c2c(C)nn(Cc3ccccc3Cl)c2Cl)cc1. The molecule has 5 nitrogen and oxygen atoms in total. The van der Waals surface area contributed by atoms with Crippen LogP contribution in [0.2, 0.25) is 10.2 Å². The summed E-state index contributed by atoms with van der Waals surface area (Å²) < 4.78 is 27.3. The topological polar surface area (TPSA) is 75.8 Å². The summed E-state index contributed by atoms with van der Waals surface area (Å²) in [6.45, 7) is 3.88. The van der Waals surface area contributed by atoms with E-state index in [0.717, 1.165) is 11.1 Å². The molecular weight excluding hydrogens is 429 g/mol. The van der Waals surface area contributed by atoms with Crippen molar-refractivity contribution >= 4 is 39.1 Å². The Morgan fingerprint density at radius 2 is 1.79 bits per heavy atom. The molecule has 3 rings (SSSR count). The van der Waals surface area contributed by atoms with Crippen LogP contribution in [0.3, 0.4) is 0 Å². The van der Waals surface area contributed by atoms with Gasteiger partial charge in [-0.15, -0.1) is 0 Å². The van der Waals surface area contributed by atoms with Crippen LogP contribution < -0.4 is 0 Å². The van der Waals surface area contributed by atoms with Crippen molar-refractivity contribution in [1.82, 2.24) is 9.78 Å². The summed E-state index contributed by atoms with van der Waals surface area (Å²) in [6.07, 6.45) is 1.27. The van der Waals surface area contributed by atoms with Crippen molar-refractivity contribution in [1.29, 1.82) is 5.26 Å². The van der Waals surface area contributed by atoms with Crippen molar-refractivity contribution in [2.24, 2.45) is 0 Å². The monoisotopic (exact) mass is 445 g/mol. The van der Waals surface area contributed by atoms with E-state index in [1.54, 1.807) is 31.2 Å². The van der Waals surface area contributed by atoms with Crippen LogP contribution in [-0.4, -0.2) is 18.2 Å². The fourth-order valence-electron chi connectivity index (χ4n) is 2.77. The summed E-state index contributed by atoms with van der Waals surface area (Å²) in [6, 6.07) is 15.4. The van der Waals surface area contributed by atoms with Crippen LogP contribution in [-0.2, 0) is 16.4 Å². The van der Waals surface area contributed by atoms with Crippen molar-refractivity contribution in [3.8, 4) is 6.07 Å².